The number of nitrogens with zero attached hydrogens (tertiary/aromatic N) is 1. The fraction of sp³-hybridized carbons (Fsp3) is 0.308. The number of fused-ring (bicyclic) bond motifs is 1. The van der Waals surface area contributed by atoms with E-state index < -0.39 is 17.9 Å². The average molecular weight is 277 g/mol. The first-order valence-electron chi connectivity index (χ1n) is 6.12. The lowest BCUT2D eigenvalue weighted by atomic mass is 10.1. The van der Waals surface area contributed by atoms with Crippen molar-refractivity contribution < 1.29 is 19.5 Å². The Labute approximate surface area is 115 Å². The molecule has 1 aliphatic heterocycles. The number of amides is 3. The molecule has 1 atom stereocenters. The van der Waals surface area contributed by atoms with Gasteiger partial charge in [0, 0.05) is 24.8 Å². The van der Waals surface area contributed by atoms with Gasteiger partial charge < -0.3 is 20.6 Å². The molecule has 106 valence electrons. The van der Waals surface area contributed by atoms with E-state index in [1.165, 1.54) is 4.90 Å². The number of likely N-dealkylation sites (N-methyl/N-ethyl adjacent to an activating group) is 1. The van der Waals surface area contributed by atoms with Crippen LogP contribution in [0.15, 0.2) is 24.3 Å². The second kappa shape index (κ2) is 5.70. The lowest BCUT2D eigenvalue weighted by Gasteiger charge is -2.12. The summed E-state index contributed by atoms with van der Waals surface area (Å²) in [7, 11) is 1.61. The van der Waals surface area contributed by atoms with Crippen LogP contribution in [0.25, 0.3) is 0 Å². The zero-order valence-corrected chi connectivity index (χ0v) is 10.9. The summed E-state index contributed by atoms with van der Waals surface area (Å²) in [6.45, 7) is -0.270. The number of hydrogen-bond acceptors (Lipinski definition) is 4. The molecule has 3 N–H and O–H groups in total. The molecule has 7 nitrogen and oxygen atoms in total. The largest absolute Gasteiger partial charge is 0.395 e. The van der Waals surface area contributed by atoms with Crippen LogP contribution < -0.4 is 15.5 Å². The first-order chi connectivity index (χ1) is 9.56. The van der Waals surface area contributed by atoms with Crippen LogP contribution in [0.2, 0.25) is 0 Å². The Kier molecular flexibility index (Phi) is 3.99. The van der Waals surface area contributed by atoms with E-state index in [4.69, 9.17) is 5.11 Å². The Morgan fingerprint density at radius 1 is 1.30 bits per heavy atom. The predicted molar refractivity (Wildman–Crippen MR) is 70.8 cm³/mol. The Bertz CT molecular complexity index is 558. The molecule has 1 aromatic rings. The lowest BCUT2D eigenvalue weighted by molar-refractivity contribution is -0.140. The summed E-state index contributed by atoms with van der Waals surface area (Å²) >= 11 is 0. The molecular formula is C13H15N3O4. The second-order valence-electron chi connectivity index (χ2n) is 4.34. The number of benzene rings is 1. The summed E-state index contributed by atoms with van der Waals surface area (Å²) in [5.41, 5.74) is 1.36. The lowest BCUT2D eigenvalue weighted by Crippen LogP contribution is -2.44. The molecule has 0 aliphatic carbocycles. The standard InChI is InChI=1S/C13H15N3O4/c1-16-9-5-3-2-4-8(9)10(13(16)20)15-12(19)11(18)14-6-7-17/h2-5,10,17H,6-7H2,1H3,(H,14,18)(H,15,19)/t10-/m0/s1. The fourth-order valence-corrected chi connectivity index (χ4v) is 2.07. The molecule has 0 fully saturated rings. The van der Waals surface area contributed by atoms with Crippen molar-refractivity contribution in [2.75, 3.05) is 25.1 Å². The first kappa shape index (κ1) is 14.0. The minimum Gasteiger partial charge on any atom is -0.395 e. The number of para-hydroxylation sites is 1. The summed E-state index contributed by atoms with van der Waals surface area (Å²) in [5.74, 6) is -2.07. The fourth-order valence-electron chi connectivity index (χ4n) is 2.07. The number of aliphatic hydroxyl groups excluding tert-OH is 1. The molecule has 0 aromatic heterocycles. The Hall–Kier alpha value is -2.41. The maximum atomic E-state index is 12.1. The van der Waals surface area contributed by atoms with Gasteiger partial charge in [-0.3, -0.25) is 14.4 Å². The monoisotopic (exact) mass is 277 g/mol. The number of hydrogen-bond donors (Lipinski definition) is 3. The highest BCUT2D eigenvalue weighted by atomic mass is 16.3. The molecule has 1 heterocycles. The topological polar surface area (TPSA) is 98.7 Å². The third-order valence-electron chi connectivity index (χ3n) is 3.07. The van der Waals surface area contributed by atoms with Crippen molar-refractivity contribution in [3.63, 3.8) is 0 Å². The van der Waals surface area contributed by atoms with Gasteiger partial charge in [0.2, 0.25) is 0 Å². The van der Waals surface area contributed by atoms with Crippen molar-refractivity contribution in [3.05, 3.63) is 29.8 Å². The van der Waals surface area contributed by atoms with Crippen LogP contribution in [0.4, 0.5) is 5.69 Å². The van der Waals surface area contributed by atoms with Crippen molar-refractivity contribution in [1.82, 2.24) is 10.6 Å². The smallest absolute Gasteiger partial charge is 0.310 e. The van der Waals surface area contributed by atoms with E-state index in [9.17, 15) is 14.4 Å². The van der Waals surface area contributed by atoms with Gasteiger partial charge in [-0.05, 0) is 6.07 Å². The third-order valence-corrected chi connectivity index (χ3v) is 3.07. The third kappa shape index (κ3) is 2.48. The van der Waals surface area contributed by atoms with Gasteiger partial charge in [0.25, 0.3) is 5.91 Å². The molecule has 0 bridgehead atoms. The second-order valence-corrected chi connectivity index (χ2v) is 4.34. The zero-order valence-electron chi connectivity index (χ0n) is 10.9. The molecule has 1 aliphatic rings. The van der Waals surface area contributed by atoms with Gasteiger partial charge in [0.1, 0.15) is 6.04 Å². The highest BCUT2D eigenvalue weighted by Gasteiger charge is 2.36. The summed E-state index contributed by atoms with van der Waals surface area (Å²) in [5, 5.41) is 13.2. The Morgan fingerprint density at radius 3 is 2.70 bits per heavy atom. The summed E-state index contributed by atoms with van der Waals surface area (Å²) in [6, 6.07) is 6.19. The zero-order chi connectivity index (χ0) is 14.7. The van der Waals surface area contributed by atoms with E-state index in [1.54, 1.807) is 31.3 Å². The van der Waals surface area contributed by atoms with E-state index in [-0.39, 0.29) is 19.1 Å². The van der Waals surface area contributed by atoms with Gasteiger partial charge in [0.15, 0.2) is 0 Å². The van der Waals surface area contributed by atoms with Gasteiger partial charge in [0.05, 0.1) is 6.61 Å². The highest BCUT2D eigenvalue weighted by Crippen LogP contribution is 2.34. The Morgan fingerprint density at radius 2 is 2.00 bits per heavy atom. The van der Waals surface area contributed by atoms with Crippen molar-refractivity contribution in [1.29, 1.82) is 0 Å². The average Bonchev–Trinajstić information content (AvgIpc) is 2.70. The molecule has 7 heteroatoms. The van der Waals surface area contributed by atoms with E-state index in [0.29, 0.717) is 11.3 Å². The van der Waals surface area contributed by atoms with E-state index in [1.807, 2.05) is 0 Å². The molecule has 0 saturated carbocycles. The van der Waals surface area contributed by atoms with Crippen molar-refractivity contribution in [2.45, 2.75) is 6.04 Å². The number of aliphatic hydroxyl groups is 1. The van der Waals surface area contributed by atoms with Crippen LogP contribution in [0.5, 0.6) is 0 Å². The van der Waals surface area contributed by atoms with Crippen LogP contribution in [0.1, 0.15) is 11.6 Å². The summed E-state index contributed by atoms with van der Waals surface area (Å²) in [4.78, 5) is 36.6. The minimum absolute atomic E-state index is 0.0125. The highest BCUT2D eigenvalue weighted by molar-refractivity contribution is 6.35. The number of carbonyl (C=O) groups is 3. The Balaban J connectivity index is 2.12. The number of rotatable bonds is 3. The molecule has 0 spiro atoms. The van der Waals surface area contributed by atoms with Crippen LogP contribution in [-0.2, 0) is 14.4 Å². The molecule has 0 unspecified atom stereocenters. The molecule has 1 aromatic carbocycles. The maximum Gasteiger partial charge on any atom is 0.310 e. The van der Waals surface area contributed by atoms with Crippen LogP contribution >= 0.6 is 0 Å². The quantitative estimate of drug-likeness (QED) is 0.613. The SMILES string of the molecule is CN1C(=O)[C@@H](NC(=O)C(=O)NCCO)c2ccccc21. The molecule has 3 amide bonds. The maximum absolute atomic E-state index is 12.1. The number of carbonyl (C=O) groups excluding carboxylic acids is 3. The van der Waals surface area contributed by atoms with Gasteiger partial charge in [-0.2, -0.15) is 0 Å². The van der Waals surface area contributed by atoms with Crippen molar-refractivity contribution in [2.24, 2.45) is 0 Å². The molecule has 0 saturated heterocycles. The van der Waals surface area contributed by atoms with Gasteiger partial charge >= 0.3 is 11.8 Å². The number of anilines is 1. The first-order valence-corrected chi connectivity index (χ1v) is 6.12. The summed E-state index contributed by atoms with van der Waals surface area (Å²) in [6.07, 6.45) is 0. The molecule has 20 heavy (non-hydrogen) atoms. The number of nitrogens with one attached hydrogen (secondary N) is 2. The predicted octanol–water partition coefficient (Wildman–Crippen LogP) is -1.07. The minimum atomic E-state index is -0.901. The van der Waals surface area contributed by atoms with Crippen LogP contribution in [0.3, 0.4) is 0 Å². The van der Waals surface area contributed by atoms with Crippen LogP contribution in [-0.4, -0.2) is 43.0 Å². The van der Waals surface area contributed by atoms with E-state index >= 15 is 0 Å². The van der Waals surface area contributed by atoms with Crippen LogP contribution in [0, 0.1) is 0 Å². The molecular weight excluding hydrogens is 262 g/mol. The van der Waals surface area contributed by atoms with Crippen molar-refractivity contribution >= 4 is 23.4 Å². The molecule has 0 radical (unpaired) electrons. The van der Waals surface area contributed by atoms with Gasteiger partial charge in [-0.1, -0.05) is 18.2 Å². The van der Waals surface area contributed by atoms with Gasteiger partial charge in [-0.15, -0.1) is 0 Å². The van der Waals surface area contributed by atoms with Crippen molar-refractivity contribution in [3.8, 4) is 0 Å². The summed E-state index contributed by atoms with van der Waals surface area (Å²) < 4.78 is 0. The van der Waals surface area contributed by atoms with E-state index in [2.05, 4.69) is 10.6 Å². The van der Waals surface area contributed by atoms with Gasteiger partial charge in [-0.25, -0.2) is 0 Å². The molecule has 2 rings (SSSR count). The van der Waals surface area contributed by atoms with E-state index in [0.717, 1.165) is 0 Å². The normalized spacial score (nSPS) is 16.8.